The molecule has 0 radical (unpaired) electrons. The summed E-state index contributed by atoms with van der Waals surface area (Å²) in [6.45, 7) is 4.55. The standard InChI is InChI=1S/C20H20N2OS/c1-3-15-9-11-17(12-10-15)20-22-14(2)18(24-20)19(23)21-13-16-7-5-4-6-8-16/h4-12H,3,13H2,1-2H3,(H,21,23). The first kappa shape index (κ1) is 16.4. The van der Waals surface area contributed by atoms with Gasteiger partial charge in [0.2, 0.25) is 0 Å². The molecular formula is C20H20N2OS. The molecule has 0 unspecified atom stereocenters. The second-order valence-electron chi connectivity index (χ2n) is 5.65. The van der Waals surface area contributed by atoms with Gasteiger partial charge < -0.3 is 5.32 Å². The van der Waals surface area contributed by atoms with Crippen molar-refractivity contribution in [3.8, 4) is 10.6 Å². The topological polar surface area (TPSA) is 42.0 Å². The van der Waals surface area contributed by atoms with Crippen molar-refractivity contribution in [3.63, 3.8) is 0 Å². The third kappa shape index (κ3) is 3.71. The number of amides is 1. The Bertz CT molecular complexity index is 823. The number of benzene rings is 2. The Balaban J connectivity index is 1.74. The van der Waals surface area contributed by atoms with Crippen LogP contribution < -0.4 is 5.32 Å². The predicted molar refractivity (Wildman–Crippen MR) is 99.3 cm³/mol. The van der Waals surface area contributed by atoms with E-state index in [9.17, 15) is 4.79 Å². The molecular weight excluding hydrogens is 316 g/mol. The van der Waals surface area contributed by atoms with E-state index in [0.717, 1.165) is 28.2 Å². The summed E-state index contributed by atoms with van der Waals surface area (Å²) in [5.41, 5.74) is 4.22. The summed E-state index contributed by atoms with van der Waals surface area (Å²) in [4.78, 5) is 17.7. The van der Waals surface area contributed by atoms with Crippen molar-refractivity contribution in [2.75, 3.05) is 0 Å². The Hall–Kier alpha value is -2.46. The molecule has 3 nitrogen and oxygen atoms in total. The predicted octanol–water partition coefficient (Wildman–Crippen LogP) is 4.61. The van der Waals surface area contributed by atoms with E-state index < -0.39 is 0 Å². The van der Waals surface area contributed by atoms with Gasteiger partial charge in [-0.05, 0) is 24.5 Å². The normalized spacial score (nSPS) is 10.6. The highest BCUT2D eigenvalue weighted by molar-refractivity contribution is 7.17. The Morgan fingerprint density at radius 2 is 1.75 bits per heavy atom. The molecule has 4 heteroatoms. The average molecular weight is 336 g/mol. The highest BCUT2D eigenvalue weighted by Gasteiger charge is 2.16. The van der Waals surface area contributed by atoms with Gasteiger partial charge >= 0.3 is 0 Å². The fraction of sp³-hybridized carbons (Fsp3) is 0.200. The first-order valence-corrected chi connectivity index (χ1v) is 8.88. The van der Waals surface area contributed by atoms with E-state index in [1.54, 1.807) is 0 Å². The molecule has 1 aromatic heterocycles. The number of hydrogen-bond acceptors (Lipinski definition) is 3. The minimum atomic E-state index is -0.0646. The van der Waals surface area contributed by atoms with Crippen molar-refractivity contribution in [1.82, 2.24) is 10.3 Å². The monoisotopic (exact) mass is 336 g/mol. The van der Waals surface area contributed by atoms with Crippen LogP contribution in [-0.2, 0) is 13.0 Å². The summed E-state index contributed by atoms with van der Waals surface area (Å²) in [5, 5.41) is 3.86. The smallest absolute Gasteiger partial charge is 0.263 e. The number of nitrogens with one attached hydrogen (secondary N) is 1. The van der Waals surface area contributed by atoms with E-state index in [1.165, 1.54) is 16.9 Å². The molecule has 2 aromatic carbocycles. The summed E-state index contributed by atoms with van der Waals surface area (Å²) in [6, 6.07) is 18.3. The van der Waals surface area contributed by atoms with E-state index in [2.05, 4.69) is 41.5 Å². The largest absolute Gasteiger partial charge is 0.347 e. The van der Waals surface area contributed by atoms with Gasteiger partial charge in [0.25, 0.3) is 5.91 Å². The van der Waals surface area contributed by atoms with Crippen molar-refractivity contribution in [2.24, 2.45) is 0 Å². The van der Waals surface area contributed by atoms with Crippen LogP contribution in [0.15, 0.2) is 54.6 Å². The van der Waals surface area contributed by atoms with Gasteiger partial charge in [0.1, 0.15) is 9.88 Å². The summed E-state index contributed by atoms with van der Waals surface area (Å²) in [6.07, 6.45) is 1.02. The summed E-state index contributed by atoms with van der Waals surface area (Å²) >= 11 is 1.45. The van der Waals surface area contributed by atoms with Gasteiger partial charge in [0.15, 0.2) is 0 Å². The molecule has 0 spiro atoms. The number of aryl methyl sites for hydroxylation is 2. The number of rotatable bonds is 5. The minimum absolute atomic E-state index is 0.0646. The van der Waals surface area contributed by atoms with Gasteiger partial charge in [-0.3, -0.25) is 4.79 Å². The van der Waals surface area contributed by atoms with E-state index in [-0.39, 0.29) is 5.91 Å². The van der Waals surface area contributed by atoms with Crippen LogP contribution in [0.3, 0.4) is 0 Å². The van der Waals surface area contributed by atoms with E-state index in [1.807, 2.05) is 37.3 Å². The maximum Gasteiger partial charge on any atom is 0.263 e. The zero-order valence-corrected chi connectivity index (χ0v) is 14.7. The molecule has 24 heavy (non-hydrogen) atoms. The highest BCUT2D eigenvalue weighted by atomic mass is 32.1. The van der Waals surface area contributed by atoms with Gasteiger partial charge in [0, 0.05) is 12.1 Å². The zero-order valence-electron chi connectivity index (χ0n) is 13.9. The molecule has 3 aromatic rings. The van der Waals surface area contributed by atoms with Crippen LogP contribution in [0, 0.1) is 6.92 Å². The van der Waals surface area contributed by atoms with Gasteiger partial charge in [-0.15, -0.1) is 11.3 Å². The fourth-order valence-corrected chi connectivity index (χ4v) is 3.46. The third-order valence-electron chi connectivity index (χ3n) is 3.91. The third-order valence-corrected chi connectivity index (χ3v) is 5.11. The average Bonchev–Trinajstić information content (AvgIpc) is 3.02. The molecule has 0 bridgehead atoms. The lowest BCUT2D eigenvalue weighted by atomic mass is 10.1. The number of carbonyl (C=O) groups excluding carboxylic acids is 1. The Kier molecular flexibility index (Phi) is 5.06. The van der Waals surface area contributed by atoms with Crippen LogP contribution in [0.4, 0.5) is 0 Å². The number of carbonyl (C=O) groups is 1. The van der Waals surface area contributed by atoms with Crippen LogP contribution in [0.1, 0.15) is 33.4 Å². The van der Waals surface area contributed by atoms with Crippen molar-refractivity contribution >= 4 is 17.2 Å². The molecule has 0 aliphatic rings. The first-order chi connectivity index (χ1) is 11.7. The number of nitrogens with zero attached hydrogens (tertiary/aromatic N) is 1. The maximum atomic E-state index is 12.4. The van der Waals surface area contributed by atoms with E-state index in [4.69, 9.17) is 0 Å². The number of thiazole rings is 1. The van der Waals surface area contributed by atoms with Crippen molar-refractivity contribution in [2.45, 2.75) is 26.8 Å². The van der Waals surface area contributed by atoms with Crippen LogP contribution in [0.25, 0.3) is 10.6 Å². The summed E-state index contributed by atoms with van der Waals surface area (Å²) in [7, 11) is 0. The van der Waals surface area contributed by atoms with Crippen LogP contribution in [0.2, 0.25) is 0 Å². The quantitative estimate of drug-likeness (QED) is 0.739. The van der Waals surface area contributed by atoms with Gasteiger partial charge in [-0.25, -0.2) is 4.98 Å². The molecule has 1 heterocycles. The second kappa shape index (κ2) is 7.41. The van der Waals surface area contributed by atoms with Crippen molar-refractivity contribution < 1.29 is 4.79 Å². The van der Waals surface area contributed by atoms with E-state index in [0.29, 0.717) is 11.4 Å². The lowest BCUT2D eigenvalue weighted by molar-refractivity contribution is 0.0954. The Morgan fingerprint density at radius 1 is 1.04 bits per heavy atom. The second-order valence-corrected chi connectivity index (χ2v) is 6.65. The van der Waals surface area contributed by atoms with Crippen molar-refractivity contribution in [1.29, 1.82) is 0 Å². The van der Waals surface area contributed by atoms with Gasteiger partial charge in [0.05, 0.1) is 5.69 Å². The van der Waals surface area contributed by atoms with Crippen molar-refractivity contribution in [3.05, 3.63) is 76.3 Å². The number of aromatic nitrogens is 1. The van der Waals surface area contributed by atoms with Crippen LogP contribution >= 0.6 is 11.3 Å². The molecule has 3 rings (SSSR count). The Morgan fingerprint density at radius 3 is 2.42 bits per heavy atom. The van der Waals surface area contributed by atoms with Gasteiger partial charge in [-0.2, -0.15) is 0 Å². The van der Waals surface area contributed by atoms with Crippen LogP contribution in [0.5, 0.6) is 0 Å². The molecule has 0 saturated heterocycles. The molecule has 0 atom stereocenters. The van der Waals surface area contributed by atoms with Gasteiger partial charge in [-0.1, -0.05) is 61.5 Å². The summed E-state index contributed by atoms with van der Waals surface area (Å²) in [5.74, 6) is -0.0646. The maximum absolute atomic E-state index is 12.4. The highest BCUT2D eigenvalue weighted by Crippen LogP contribution is 2.28. The lowest BCUT2D eigenvalue weighted by Crippen LogP contribution is -2.22. The summed E-state index contributed by atoms with van der Waals surface area (Å²) < 4.78 is 0. The van der Waals surface area contributed by atoms with Crippen LogP contribution in [-0.4, -0.2) is 10.9 Å². The van der Waals surface area contributed by atoms with E-state index >= 15 is 0 Å². The molecule has 1 amide bonds. The SMILES string of the molecule is CCc1ccc(-c2nc(C)c(C(=O)NCc3ccccc3)s2)cc1. The molecule has 0 fully saturated rings. The number of hydrogen-bond donors (Lipinski definition) is 1. The Labute approximate surface area is 146 Å². The fourth-order valence-electron chi connectivity index (χ4n) is 2.47. The molecule has 0 aliphatic carbocycles. The first-order valence-electron chi connectivity index (χ1n) is 8.06. The minimum Gasteiger partial charge on any atom is -0.347 e. The molecule has 122 valence electrons. The molecule has 0 aliphatic heterocycles. The lowest BCUT2D eigenvalue weighted by Gasteiger charge is -2.03. The zero-order chi connectivity index (χ0) is 16.9. The molecule has 1 N–H and O–H groups in total. The molecule has 0 saturated carbocycles.